The molecule has 15 heteroatoms. The van der Waals surface area contributed by atoms with E-state index in [9.17, 15) is 30.4 Å². The van der Waals surface area contributed by atoms with Gasteiger partial charge in [0, 0.05) is 36.4 Å². The zero-order valence-corrected chi connectivity index (χ0v) is 22.9. The standard InChI is InChI=1S/C27H23F5N4O5S/c1-39-10-11-40-17-8-6-15(7-9-17)35-27-33-13-20(28)26(36-27)34-16-4-3-5-18(12-16)41-14-19-21(29)22(30)23(31)24(32)25(19)42(2,37)38/h3-9,12-13H,10-11,14H2,1-2H3,(H2,33,34,35,36). The van der Waals surface area contributed by atoms with Crippen molar-refractivity contribution in [2.24, 2.45) is 0 Å². The highest BCUT2D eigenvalue weighted by molar-refractivity contribution is 7.90. The highest BCUT2D eigenvalue weighted by Crippen LogP contribution is 2.30. The van der Waals surface area contributed by atoms with Gasteiger partial charge >= 0.3 is 0 Å². The predicted molar refractivity (Wildman–Crippen MR) is 143 cm³/mol. The maximum Gasteiger partial charge on any atom is 0.229 e. The topological polar surface area (TPSA) is 112 Å². The molecular formula is C27H23F5N4O5S. The second-order valence-electron chi connectivity index (χ2n) is 8.66. The molecule has 222 valence electrons. The first-order valence-electron chi connectivity index (χ1n) is 12.0. The van der Waals surface area contributed by atoms with Gasteiger partial charge in [0.25, 0.3) is 0 Å². The van der Waals surface area contributed by atoms with E-state index >= 15 is 0 Å². The van der Waals surface area contributed by atoms with Crippen LogP contribution in [0.2, 0.25) is 0 Å². The molecule has 0 atom stereocenters. The Balaban J connectivity index is 1.49. The Morgan fingerprint density at radius 3 is 2.21 bits per heavy atom. The van der Waals surface area contributed by atoms with Gasteiger partial charge in [0.05, 0.1) is 12.8 Å². The zero-order chi connectivity index (χ0) is 30.4. The molecule has 4 aromatic rings. The smallest absolute Gasteiger partial charge is 0.229 e. The van der Waals surface area contributed by atoms with Crippen LogP contribution in [0.25, 0.3) is 0 Å². The summed E-state index contributed by atoms with van der Waals surface area (Å²) in [5, 5.41) is 5.66. The first-order valence-corrected chi connectivity index (χ1v) is 13.9. The molecule has 0 radical (unpaired) electrons. The van der Waals surface area contributed by atoms with Gasteiger partial charge in [0.15, 0.2) is 44.7 Å². The number of benzene rings is 3. The van der Waals surface area contributed by atoms with Crippen LogP contribution >= 0.6 is 0 Å². The van der Waals surface area contributed by atoms with Crippen LogP contribution in [0.4, 0.5) is 45.1 Å². The van der Waals surface area contributed by atoms with Crippen molar-refractivity contribution >= 4 is 33.0 Å². The van der Waals surface area contributed by atoms with Crippen LogP contribution in [0.3, 0.4) is 0 Å². The quantitative estimate of drug-likeness (QED) is 0.0690. The van der Waals surface area contributed by atoms with Gasteiger partial charge in [-0.05, 0) is 36.4 Å². The summed E-state index contributed by atoms with van der Waals surface area (Å²) in [7, 11) is -2.94. The maximum absolute atomic E-state index is 14.5. The molecule has 2 N–H and O–H groups in total. The first kappa shape index (κ1) is 30.5. The summed E-state index contributed by atoms with van der Waals surface area (Å²) in [5.41, 5.74) is -0.204. The molecule has 0 saturated heterocycles. The minimum absolute atomic E-state index is 0.0235. The molecule has 0 unspecified atom stereocenters. The van der Waals surface area contributed by atoms with Crippen LogP contribution in [0.15, 0.2) is 59.6 Å². The molecule has 0 amide bonds. The summed E-state index contributed by atoms with van der Waals surface area (Å²) in [5.74, 6) is -8.76. The number of ether oxygens (including phenoxy) is 3. The number of halogens is 5. The van der Waals surface area contributed by atoms with Crippen LogP contribution < -0.4 is 20.1 Å². The zero-order valence-electron chi connectivity index (χ0n) is 22.1. The Morgan fingerprint density at radius 2 is 1.52 bits per heavy atom. The summed E-state index contributed by atoms with van der Waals surface area (Å²) in [6, 6.07) is 12.5. The molecule has 3 aromatic carbocycles. The number of nitrogens with zero attached hydrogens (tertiary/aromatic N) is 2. The van der Waals surface area contributed by atoms with E-state index in [1.807, 2.05) is 0 Å². The first-order chi connectivity index (χ1) is 20.0. The normalized spacial score (nSPS) is 11.3. The molecule has 0 aliphatic carbocycles. The third-order valence-electron chi connectivity index (χ3n) is 5.58. The molecule has 0 saturated carbocycles. The van der Waals surface area contributed by atoms with Gasteiger partial charge in [-0.25, -0.2) is 35.4 Å². The lowest BCUT2D eigenvalue weighted by Crippen LogP contribution is -2.15. The van der Waals surface area contributed by atoms with E-state index in [0.717, 1.165) is 6.20 Å². The van der Waals surface area contributed by atoms with Crippen molar-refractivity contribution < 1.29 is 44.6 Å². The number of methoxy groups -OCH3 is 1. The number of anilines is 4. The van der Waals surface area contributed by atoms with E-state index < -0.39 is 56.0 Å². The van der Waals surface area contributed by atoms with E-state index in [4.69, 9.17) is 14.2 Å². The molecule has 0 fully saturated rings. The molecule has 0 aliphatic rings. The maximum atomic E-state index is 14.5. The van der Waals surface area contributed by atoms with Crippen molar-refractivity contribution in [1.82, 2.24) is 9.97 Å². The summed E-state index contributed by atoms with van der Waals surface area (Å²) in [6.07, 6.45) is 1.46. The van der Waals surface area contributed by atoms with Crippen LogP contribution in [0.5, 0.6) is 11.5 Å². The Morgan fingerprint density at radius 1 is 0.810 bits per heavy atom. The van der Waals surface area contributed by atoms with Gasteiger partial charge in [-0.3, -0.25) is 0 Å². The van der Waals surface area contributed by atoms with E-state index in [1.54, 1.807) is 31.4 Å². The van der Waals surface area contributed by atoms with E-state index in [2.05, 4.69) is 20.6 Å². The van der Waals surface area contributed by atoms with Crippen LogP contribution in [0, 0.1) is 29.1 Å². The van der Waals surface area contributed by atoms with Crippen molar-refractivity contribution in [3.05, 3.63) is 89.4 Å². The largest absolute Gasteiger partial charge is 0.491 e. The van der Waals surface area contributed by atoms with Crippen LogP contribution in [-0.2, 0) is 21.2 Å². The average molecular weight is 611 g/mol. The van der Waals surface area contributed by atoms with Crippen LogP contribution in [-0.4, -0.2) is 45.0 Å². The Hall–Kier alpha value is -4.50. The fraction of sp³-hybridized carbons (Fsp3) is 0.185. The molecule has 1 heterocycles. The highest BCUT2D eigenvalue weighted by atomic mass is 32.2. The molecule has 0 spiro atoms. The van der Waals surface area contributed by atoms with Crippen molar-refractivity contribution in [2.45, 2.75) is 11.5 Å². The molecular weight excluding hydrogens is 587 g/mol. The molecule has 0 aliphatic heterocycles. The number of sulfone groups is 1. The van der Waals surface area contributed by atoms with Crippen molar-refractivity contribution in [3.8, 4) is 11.5 Å². The Bertz CT molecular complexity index is 1690. The van der Waals surface area contributed by atoms with Crippen molar-refractivity contribution in [2.75, 3.05) is 37.2 Å². The number of rotatable bonds is 12. The van der Waals surface area contributed by atoms with Crippen molar-refractivity contribution in [3.63, 3.8) is 0 Å². The molecule has 4 rings (SSSR count). The van der Waals surface area contributed by atoms with Crippen molar-refractivity contribution in [1.29, 1.82) is 0 Å². The van der Waals surface area contributed by atoms with E-state index in [1.165, 1.54) is 24.3 Å². The minimum atomic E-state index is -4.50. The van der Waals surface area contributed by atoms with Gasteiger partial charge in [0.2, 0.25) is 5.95 Å². The summed E-state index contributed by atoms with van der Waals surface area (Å²) < 4.78 is 110. The van der Waals surface area contributed by atoms with Gasteiger partial charge < -0.3 is 24.8 Å². The van der Waals surface area contributed by atoms with Gasteiger partial charge in [0.1, 0.15) is 29.6 Å². The Kier molecular flexibility index (Phi) is 9.42. The summed E-state index contributed by atoms with van der Waals surface area (Å²) in [6.45, 7) is -0.142. The second kappa shape index (κ2) is 13.0. The van der Waals surface area contributed by atoms with Gasteiger partial charge in [-0.15, -0.1) is 0 Å². The van der Waals surface area contributed by atoms with Gasteiger partial charge in [-0.1, -0.05) is 6.07 Å². The monoisotopic (exact) mass is 610 g/mol. The molecule has 9 nitrogen and oxygen atoms in total. The number of hydrogen-bond donors (Lipinski definition) is 2. The molecule has 0 bridgehead atoms. The minimum Gasteiger partial charge on any atom is -0.491 e. The third-order valence-corrected chi connectivity index (χ3v) is 6.75. The van der Waals surface area contributed by atoms with E-state index in [0.29, 0.717) is 30.9 Å². The average Bonchev–Trinajstić information content (AvgIpc) is 2.95. The van der Waals surface area contributed by atoms with Gasteiger partial charge in [-0.2, -0.15) is 4.98 Å². The fourth-order valence-electron chi connectivity index (χ4n) is 3.65. The Labute approximate surface area is 237 Å². The lowest BCUT2D eigenvalue weighted by Gasteiger charge is -2.14. The van der Waals surface area contributed by atoms with Crippen LogP contribution in [0.1, 0.15) is 5.56 Å². The van der Waals surface area contributed by atoms with E-state index in [-0.39, 0.29) is 23.2 Å². The lowest BCUT2D eigenvalue weighted by molar-refractivity contribution is 0.146. The highest BCUT2D eigenvalue weighted by Gasteiger charge is 2.31. The number of nitrogens with one attached hydrogen (secondary N) is 2. The lowest BCUT2D eigenvalue weighted by atomic mass is 10.2. The third kappa shape index (κ3) is 7.22. The molecule has 42 heavy (non-hydrogen) atoms. The number of hydrogen-bond acceptors (Lipinski definition) is 9. The number of aromatic nitrogens is 2. The summed E-state index contributed by atoms with van der Waals surface area (Å²) in [4.78, 5) is 6.67. The molecule has 1 aromatic heterocycles. The predicted octanol–water partition coefficient (Wildman–Crippen LogP) is 5.67. The fourth-order valence-corrected chi connectivity index (χ4v) is 4.66. The second-order valence-corrected chi connectivity index (χ2v) is 10.6. The summed E-state index contributed by atoms with van der Waals surface area (Å²) >= 11 is 0. The SMILES string of the molecule is COCCOc1ccc(Nc2ncc(F)c(Nc3cccc(OCc4c(F)c(F)c(F)c(F)c4S(C)(=O)=O)c3)n2)cc1.